The molecule has 2 rings (SSSR count). The Morgan fingerprint density at radius 3 is 2.95 bits per heavy atom. The van der Waals surface area contributed by atoms with E-state index in [9.17, 15) is 4.39 Å². The Bertz CT molecular complexity index is 555. The summed E-state index contributed by atoms with van der Waals surface area (Å²) in [6.07, 6.45) is 1.60. The monoisotopic (exact) mass is 327 g/mol. The van der Waals surface area contributed by atoms with Gasteiger partial charge in [-0.05, 0) is 30.7 Å². The summed E-state index contributed by atoms with van der Waals surface area (Å²) < 4.78 is 19.2. The highest BCUT2D eigenvalue weighted by Gasteiger charge is 2.15. The Balaban J connectivity index is 2.23. The molecule has 1 aromatic carbocycles. The van der Waals surface area contributed by atoms with Gasteiger partial charge in [-0.25, -0.2) is 4.39 Å². The van der Waals surface area contributed by atoms with Crippen LogP contribution in [0.25, 0.3) is 11.4 Å². The summed E-state index contributed by atoms with van der Waals surface area (Å²) in [5, 5.41) is 3.89. The zero-order valence-electron chi connectivity index (χ0n) is 10.6. The van der Waals surface area contributed by atoms with Gasteiger partial charge in [-0.1, -0.05) is 34.4 Å². The third-order valence-electron chi connectivity index (χ3n) is 3.01. The van der Waals surface area contributed by atoms with Gasteiger partial charge in [0.15, 0.2) is 0 Å². The molecule has 6 heteroatoms. The Hall–Kier alpha value is -1.27. The predicted molar refractivity (Wildman–Crippen MR) is 73.9 cm³/mol. The minimum atomic E-state index is -0.335. The minimum absolute atomic E-state index is 0.323. The van der Waals surface area contributed by atoms with Gasteiger partial charge in [-0.3, -0.25) is 0 Å². The normalized spacial score (nSPS) is 12.6. The number of hydrogen-bond donors (Lipinski definition) is 1. The smallest absolute Gasteiger partial charge is 0.227 e. The second kappa shape index (κ2) is 6.25. The Morgan fingerprint density at radius 2 is 2.26 bits per heavy atom. The molecule has 0 amide bonds. The van der Waals surface area contributed by atoms with Crippen LogP contribution >= 0.6 is 15.9 Å². The van der Waals surface area contributed by atoms with Gasteiger partial charge in [0.25, 0.3) is 0 Å². The van der Waals surface area contributed by atoms with Crippen LogP contribution in [0.4, 0.5) is 4.39 Å². The van der Waals surface area contributed by atoms with Crippen molar-refractivity contribution in [3.8, 4) is 11.4 Å². The number of aromatic nitrogens is 2. The highest BCUT2D eigenvalue weighted by atomic mass is 79.9. The summed E-state index contributed by atoms with van der Waals surface area (Å²) in [7, 11) is 0. The molecule has 2 N–H and O–H groups in total. The molecule has 2 aromatic rings. The van der Waals surface area contributed by atoms with E-state index >= 15 is 0 Å². The standard InChI is InChI=1S/C13H15BrFN3O/c1-2-8(7-16)5-12-17-13(18-19-12)10-6-9(15)3-4-11(10)14/h3-4,6,8H,2,5,7,16H2,1H3. The molecule has 0 aliphatic rings. The fourth-order valence-corrected chi connectivity index (χ4v) is 2.18. The summed E-state index contributed by atoms with van der Waals surface area (Å²) in [6, 6.07) is 4.37. The summed E-state index contributed by atoms with van der Waals surface area (Å²) in [5.41, 5.74) is 6.23. The van der Waals surface area contributed by atoms with Crippen LogP contribution < -0.4 is 5.73 Å². The SMILES string of the molecule is CCC(CN)Cc1nc(-c2cc(F)ccc2Br)no1. The van der Waals surface area contributed by atoms with Gasteiger partial charge >= 0.3 is 0 Å². The second-order valence-corrected chi connectivity index (χ2v) is 5.20. The molecular formula is C13H15BrFN3O. The van der Waals surface area contributed by atoms with Crippen molar-refractivity contribution in [2.45, 2.75) is 19.8 Å². The first-order valence-electron chi connectivity index (χ1n) is 6.12. The molecular weight excluding hydrogens is 313 g/mol. The summed E-state index contributed by atoms with van der Waals surface area (Å²) >= 11 is 3.35. The van der Waals surface area contributed by atoms with Crippen molar-refractivity contribution in [3.05, 3.63) is 34.4 Å². The van der Waals surface area contributed by atoms with E-state index in [0.717, 1.165) is 10.9 Å². The lowest BCUT2D eigenvalue weighted by Gasteiger charge is -2.07. The lowest BCUT2D eigenvalue weighted by Crippen LogP contribution is -2.15. The number of hydrogen-bond acceptors (Lipinski definition) is 4. The van der Waals surface area contributed by atoms with Crippen molar-refractivity contribution in [3.63, 3.8) is 0 Å². The van der Waals surface area contributed by atoms with Crippen molar-refractivity contribution in [2.24, 2.45) is 11.7 Å². The van der Waals surface area contributed by atoms with E-state index in [1.165, 1.54) is 12.1 Å². The van der Waals surface area contributed by atoms with E-state index < -0.39 is 0 Å². The van der Waals surface area contributed by atoms with Crippen LogP contribution in [0.15, 0.2) is 27.2 Å². The maximum atomic E-state index is 13.2. The molecule has 1 aromatic heterocycles. The molecule has 0 aliphatic heterocycles. The van der Waals surface area contributed by atoms with Gasteiger partial charge in [0.05, 0.1) is 0 Å². The van der Waals surface area contributed by atoms with Gasteiger partial charge in [-0.2, -0.15) is 4.98 Å². The molecule has 0 spiro atoms. The van der Waals surface area contributed by atoms with E-state index in [-0.39, 0.29) is 5.82 Å². The van der Waals surface area contributed by atoms with Gasteiger partial charge in [-0.15, -0.1) is 0 Å². The van der Waals surface area contributed by atoms with Gasteiger partial charge in [0.1, 0.15) is 5.82 Å². The molecule has 19 heavy (non-hydrogen) atoms. The number of rotatable bonds is 5. The molecule has 1 unspecified atom stereocenters. The van der Waals surface area contributed by atoms with Crippen molar-refractivity contribution in [1.29, 1.82) is 0 Å². The predicted octanol–water partition coefficient (Wildman–Crippen LogP) is 3.17. The maximum absolute atomic E-state index is 13.2. The summed E-state index contributed by atoms with van der Waals surface area (Å²) in [5.74, 6) is 0.902. The lowest BCUT2D eigenvalue weighted by atomic mass is 10.0. The van der Waals surface area contributed by atoms with Crippen LogP contribution in [0.3, 0.4) is 0 Å². The Labute approximate surface area is 119 Å². The highest BCUT2D eigenvalue weighted by molar-refractivity contribution is 9.10. The maximum Gasteiger partial charge on any atom is 0.227 e. The van der Waals surface area contributed by atoms with Crippen LogP contribution in [-0.4, -0.2) is 16.7 Å². The first-order chi connectivity index (χ1) is 9.13. The summed E-state index contributed by atoms with van der Waals surface area (Å²) in [4.78, 5) is 4.29. The van der Waals surface area contributed by atoms with Crippen molar-refractivity contribution in [1.82, 2.24) is 10.1 Å². The number of halogens is 2. The van der Waals surface area contributed by atoms with Crippen LogP contribution in [0, 0.1) is 11.7 Å². The summed E-state index contributed by atoms with van der Waals surface area (Å²) in [6.45, 7) is 2.65. The van der Waals surface area contributed by atoms with E-state index in [4.69, 9.17) is 10.3 Å². The lowest BCUT2D eigenvalue weighted by molar-refractivity contribution is 0.350. The van der Waals surface area contributed by atoms with Crippen LogP contribution in [0.5, 0.6) is 0 Å². The number of nitrogens with two attached hydrogens (primary N) is 1. The minimum Gasteiger partial charge on any atom is -0.339 e. The number of benzene rings is 1. The fourth-order valence-electron chi connectivity index (χ4n) is 1.76. The third-order valence-corrected chi connectivity index (χ3v) is 3.70. The average Bonchev–Trinajstić information content (AvgIpc) is 2.87. The zero-order chi connectivity index (χ0) is 13.8. The van der Waals surface area contributed by atoms with E-state index in [1.54, 1.807) is 6.07 Å². The molecule has 0 radical (unpaired) electrons. The molecule has 0 saturated heterocycles. The molecule has 0 aliphatic carbocycles. The first-order valence-corrected chi connectivity index (χ1v) is 6.91. The topological polar surface area (TPSA) is 64.9 Å². The Kier molecular flexibility index (Phi) is 4.66. The molecule has 4 nitrogen and oxygen atoms in total. The third kappa shape index (κ3) is 3.39. The van der Waals surface area contributed by atoms with E-state index in [2.05, 4.69) is 33.0 Å². The first kappa shape index (κ1) is 14.1. The number of nitrogens with zero attached hydrogens (tertiary/aromatic N) is 2. The molecule has 1 heterocycles. The van der Waals surface area contributed by atoms with Gasteiger partial charge in [0.2, 0.25) is 11.7 Å². The molecule has 0 saturated carbocycles. The Morgan fingerprint density at radius 1 is 1.47 bits per heavy atom. The quantitative estimate of drug-likeness (QED) is 0.916. The van der Waals surface area contributed by atoms with Crippen LogP contribution in [-0.2, 0) is 6.42 Å². The highest BCUT2D eigenvalue weighted by Crippen LogP contribution is 2.27. The second-order valence-electron chi connectivity index (χ2n) is 4.35. The zero-order valence-corrected chi connectivity index (χ0v) is 12.2. The van der Waals surface area contributed by atoms with E-state index in [1.807, 2.05) is 0 Å². The largest absolute Gasteiger partial charge is 0.339 e. The van der Waals surface area contributed by atoms with Crippen molar-refractivity contribution >= 4 is 15.9 Å². The van der Waals surface area contributed by atoms with Gasteiger partial charge < -0.3 is 10.3 Å². The molecule has 1 atom stereocenters. The van der Waals surface area contributed by atoms with Crippen LogP contribution in [0.1, 0.15) is 19.2 Å². The molecule has 0 fully saturated rings. The van der Waals surface area contributed by atoms with E-state index in [0.29, 0.717) is 36.2 Å². The average molecular weight is 328 g/mol. The van der Waals surface area contributed by atoms with Crippen molar-refractivity contribution in [2.75, 3.05) is 6.54 Å². The molecule has 102 valence electrons. The van der Waals surface area contributed by atoms with Crippen LogP contribution in [0.2, 0.25) is 0 Å². The van der Waals surface area contributed by atoms with Gasteiger partial charge in [0, 0.05) is 16.5 Å². The van der Waals surface area contributed by atoms with Crippen molar-refractivity contribution < 1.29 is 8.91 Å². The fraction of sp³-hybridized carbons (Fsp3) is 0.385. The molecule has 0 bridgehead atoms.